The van der Waals surface area contributed by atoms with E-state index in [4.69, 9.17) is 0 Å². The Morgan fingerprint density at radius 3 is 2.36 bits per heavy atom. The van der Waals surface area contributed by atoms with Crippen LogP contribution in [0, 0.1) is 5.82 Å². The molecule has 4 rings (SSSR count). The van der Waals surface area contributed by atoms with Crippen molar-refractivity contribution in [1.82, 2.24) is 14.8 Å². The Bertz CT molecular complexity index is 1050. The maximum absolute atomic E-state index is 13.4. The molecule has 0 saturated carbocycles. The number of hydrogen-bond donors (Lipinski definition) is 0. The van der Waals surface area contributed by atoms with Gasteiger partial charge >= 0.3 is 0 Å². The molecule has 5 nitrogen and oxygen atoms in total. The third-order valence-corrected chi connectivity index (χ3v) is 4.31. The quantitative estimate of drug-likeness (QED) is 0.526. The van der Waals surface area contributed by atoms with Crippen LogP contribution >= 0.6 is 0 Å². The van der Waals surface area contributed by atoms with Crippen molar-refractivity contribution in [3.05, 3.63) is 108 Å². The molecule has 138 valence electrons. The number of anilines is 1. The van der Waals surface area contributed by atoms with Crippen LogP contribution in [0.4, 0.5) is 10.1 Å². The first-order chi connectivity index (χ1) is 13.7. The molecule has 2 heterocycles. The van der Waals surface area contributed by atoms with E-state index in [2.05, 4.69) is 10.1 Å². The van der Waals surface area contributed by atoms with E-state index < -0.39 is 0 Å². The lowest BCUT2D eigenvalue weighted by Crippen LogP contribution is -2.30. The van der Waals surface area contributed by atoms with Crippen LogP contribution in [0.1, 0.15) is 16.1 Å². The molecule has 0 aliphatic rings. The Morgan fingerprint density at radius 2 is 1.71 bits per heavy atom. The Morgan fingerprint density at radius 1 is 0.929 bits per heavy atom. The normalized spacial score (nSPS) is 10.6. The van der Waals surface area contributed by atoms with Crippen molar-refractivity contribution in [3.8, 4) is 5.69 Å². The fraction of sp³-hybridized carbons (Fsp3) is 0.0455. The minimum absolute atomic E-state index is 0.190. The maximum Gasteiger partial charge on any atom is 0.258 e. The van der Waals surface area contributed by atoms with Gasteiger partial charge in [0.05, 0.1) is 17.9 Å². The third kappa shape index (κ3) is 3.81. The summed E-state index contributed by atoms with van der Waals surface area (Å²) in [6, 6.07) is 20.4. The van der Waals surface area contributed by atoms with Crippen LogP contribution in [0.25, 0.3) is 5.69 Å². The number of benzene rings is 2. The summed E-state index contributed by atoms with van der Waals surface area (Å²) in [5.41, 5.74) is 2.73. The molecular weight excluding hydrogens is 355 g/mol. The molecule has 4 aromatic rings. The molecule has 2 aromatic heterocycles. The average molecular weight is 372 g/mol. The molecule has 6 heteroatoms. The maximum atomic E-state index is 13.4. The Hall–Kier alpha value is -3.80. The predicted octanol–water partition coefficient (Wildman–Crippen LogP) is 4.25. The van der Waals surface area contributed by atoms with E-state index >= 15 is 0 Å². The summed E-state index contributed by atoms with van der Waals surface area (Å²) in [6.45, 7) is 0.284. The van der Waals surface area contributed by atoms with E-state index in [1.54, 1.807) is 46.2 Å². The lowest BCUT2D eigenvalue weighted by atomic mass is 10.1. The third-order valence-electron chi connectivity index (χ3n) is 4.31. The van der Waals surface area contributed by atoms with Crippen molar-refractivity contribution in [1.29, 1.82) is 0 Å². The van der Waals surface area contributed by atoms with Crippen LogP contribution in [0.15, 0.2) is 91.4 Å². The molecule has 0 bridgehead atoms. The van der Waals surface area contributed by atoms with E-state index in [1.807, 2.05) is 42.6 Å². The van der Waals surface area contributed by atoms with Gasteiger partial charge in [-0.15, -0.1) is 0 Å². The second-order valence-corrected chi connectivity index (χ2v) is 6.19. The number of amides is 1. The van der Waals surface area contributed by atoms with E-state index in [1.165, 1.54) is 12.1 Å². The monoisotopic (exact) mass is 372 g/mol. The van der Waals surface area contributed by atoms with Crippen LogP contribution in [-0.2, 0) is 6.54 Å². The van der Waals surface area contributed by atoms with Gasteiger partial charge in [0, 0.05) is 29.8 Å². The van der Waals surface area contributed by atoms with Gasteiger partial charge in [0.25, 0.3) is 5.91 Å². The largest absolute Gasteiger partial charge is 0.302 e. The molecule has 0 atom stereocenters. The second-order valence-electron chi connectivity index (χ2n) is 6.19. The smallest absolute Gasteiger partial charge is 0.258 e. The molecule has 0 N–H and O–H groups in total. The second kappa shape index (κ2) is 7.84. The summed E-state index contributed by atoms with van der Waals surface area (Å²) >= 11 is 0. The van der Waals surface area contributed by atoms with Gasteiger partial charge in [0.1, 0.15) is 5.82 Å². The molecule has 0 spiro atoms. The molecule has 0 fully saturated rings. The topological polar surface area (TPSA) is 51.0 Å². The van der Waals surface area contributed by atoms with Gasteiger partial charge in [0.15, 0.2) is 0 Å². The molecule has 28 heavy (non-hydrogen) atoms. The fourth-order valence-corrected chi connectivity index (χ4v) is 2.89. The van der Waals surface area contributed by atoms with Crippen molar-refractivity contribution >= 4 is 11.6 Å². The van der Waals surface area contributed by atoms with Crippen molar-refractivity contribution in [2.45, 2.75) is 6.54 Å². The number of aromatic nitrogens is 3. The standard InChI is InChI=1S/C22H17FN4O/c23-18-7-11-20(12-8-18)26(16-19-4-1-2-13-24-19)22(28)17-5-9-21(10-6-17)27-15-3-14-25-27/h1-15H,16H2. The van der Waals surface area contributed by atoms with Gasteiger partial charge < -0.3 is 4.90 Å². The van der Waals surface area contributed by atoms with Crippen LogP contribution in [0.2, 0.25) is 0 Å². The molecule has 0 unspecified atom stereocenters. The Kier molecular flexibility index (Phi) is 4.93. The van der Waals surface area contributed by atoms with Crippen LogP contribution < -0.4 is 4.90 Å². The number of carbonyl (C=O) groups excluding carboxylic acids is 1. The van der Waals surface area contributed by atoms with Crippen LogP contribution in [-0.4, -0.2) is 20.7 Å². The lowest BCUT2D eigenvalue weighted by molar-refractivity contribution is 0.0985. The van der Waals surface area contributed by atoms with Crippen LogP contribution in [0.3, 0.4) is 0 Å². The number of rotatable bonds is 5. The highest BCUT2D eigenvalue weighted by molar-refractivity contribution is 6.06. The van der Waals surface area contributed by atoms with Crippen molar-refractivity contribution in [2.75, 3.05) is 4.90 Å². The zero-order chi connectivity index (χ0) is 19.3. The molecular formula is C22H17FN4O. The Labute approximate surface area is 161 Å². The SMILES string of the molecule is O=C(c1ccc(-n2cccn2)cc1)N(Cc1ccccn1)c1ccc(F)cc1. The van der Waals surface area contributed by atoms with E-state index in [9.17, 15) is 9.18 Å². The first kappa shape index (κ1) is 17.6. The van der Waals surface area contributed by atoms with E-state index in [-0.39, 0.29) is 18.3 Å². The van der Waals surface area contributed by atoms with Gasteiger partial charge in [-0.2, -0.15) is 5.10 Å². The molecule has 0 saturated heterocycles. The molecule has 2 aromatic carbocycles. The lowest BCUT2D eigenvalue weighted by Gasteiger charge is -2.23. The van der Waals surface area contributed by atoms with Gasteiger partial charge in [-0.05, 0) is 66.7 Å². The van der Waals surface area contributed by atoms with Crippen molar-refractivity contribution < 1.29 is 9.18 Å². The van der Waals surface area contributed by atoms with Gasteiger partial charge in [0.2, 0.25) is 0 Å². The number of hydrogen-bond acceptors (Lipinski definition) is 3. The highest BCUT2D eigenvalue weighted by atomic mass is 19.1. The number of nitrogens with zero attached hydrogens (tertiary/aromatic N) is 4. The zero-order valence-electron chi connectivity index (χ0n) is 14.9. The summed E-state index contributed by atoms with van der Waals surface area (Å²) in [5, 5.41) is 4.19. The summed E-state index contributed by atoms with van der Waals surface area (Å²) < 4.78 is 15.1. The summed E-state index contributed by atoms with van der Waals surface area (Å²) in [5.74, 6) is -0.540. The van der Waals surface area contributed by atoms with E-state index in [0.717, 1.165) is 11.4 Å². The minimum atomic E-state index is -0.349. The average Bonchev–Trinajstić information content (AvgIpc) is 3.28. The van der Waals surface area contributed by atoms with Crippen molar-refractivity contribution in [3.63, 3.8) is 0 Å². The van der Waals surface area contributed by atoms with Gasteiger partial charge in [-0.3, -0.25) is 9.78 Å². The number of carbonyl (C=O) groups is 1. The molecule has 0 radical (unpaired) electrons. The molecule has 0 aliphatic heterocycles. The molecule has 1 amide bonds. The molecule has 0 aliphatic carbocycles. The van der Waals surface area contributed by atoms with Gasteiger partial charge in [-0.25, -0.2) is 9.07 Å². The number of halogens is 1. The number of pyridine rings is 1. The van der Waals surface area contributed by atoms with E-state index in [0.29, 0.717) is 11.3 Å². The highest BCUT2D eigenvalue weighted by Gasteiger charge is 2.19. The fourth-order valence-electron chi connectivity index (χ4n) is 2.89. The first-order valence-corrected chi connectivity index (χ1v) is 8.78. The summed E-state index contributed by atoms with van der Waals surface area (Å²) in [4.78, 5) is 19.1. The zero-order valence-corrected chi connectivity index (χ0v) is 14.9. The predicted molar refractivity (Wildman–Crippen MR) is 105 cm³/mol. The summed E-state index contributed by atoms with van der Waals surface area (Å²) in [6.07, 6.45) is 5.21. The Balaban J connectivity index is 1.65. The minimum Gasteiger partial charge on any atom is -0.302 e. The first-order valence-electron chi connectivity index (χ1n) is 8.78. The summed E-state index contributed by atoms with van der Waals surface area (Å²) in [7, 11) is 0. The van der Waals surface area contributed by atoms with Gasteiger partial charge in [-0.1, -0.05) is 6.07 Å². The van der Waals surface area contributed by atoms with Crippen LogP contribution in [0.5, 0.6) is 0 Å². The van der Waals surface area contributed by atoms with Crippen molar-refractivity contribution in [2.24, 2.45) is 0 Å². The highest BCUT2D eigenvalue weighted by Crippen LogP contribution is 2.21.